The fraction of sp³-hybridized carbons (Fsp3) is 0.833. The molecule has 0 aliphatic carbocycles. The molecule has 1 amide bonds. The second-order valence-electron chi connectivity index (χ2n) is 2.12. The topological polar surface area (TPSA) is 83.6 Å². The van der Waals surface area contributed by atoms with E-state index < -0.39 is 5.91 Å². The van der Waals surface area contributed by atoms with E-state index in [0.29, 0.717) is 12.8 Å². The average Bonchev–Trinajstić information content (AvgIpc) is 1.87. The lowest BCUT2D eigenvalue weighted by Gasteiger charge is -2.08. The second kappa shape index (κ2) is 5.20. The summed E-state index contributed by atoms with van der Waals surface area (Å²) in [5.41, 5.74) is 4.95. The molecule has 0 bridgehead atoms. The van der Waals surface area contributed by atoms with Gasteiger partial charge in [0.25, 0.3) is 0 Å². The van der Waals surface area contributed by atoms with Crippen molar-refractivity contribution < 1.29 is 15.0 Å². The van der Waals surface area contributed by atoms with Crippen molar-refractivity contribution in [3.05, 3.63) is 0 Å². The molecule has 0 aromatic rings. The molecule has 4 heteroatoms. The van der Waals surface area contributed by atoms with Crippen LogP contribution in [0.3, 0.4) is 0 Å². The number of amides is 1. The fourth-order valence-corrected chi connectivity index (χ4v) is 0.741. The predicted molar refractivity (Wildman–Crippen MR) is 36.1 cm³/mol. The Bertz CT molecular complexity index is 99.2. The molecule has 0 aliphatic heterocycles. The minimum Gasteiger partial charge on any atom is -0.396 e. The van der Waals surface area contributed by atoms with Gasteiger partial charge >= 0.3 is 0 Å². The highest BCUT2D eigenvalue weighted by Gasteiger charge is 2.12. The Morgan fingerprint density at radius 2 is 1.70 bits per heavy atom. The van der Waals surface area contributed by atoms with E-state index in [4.69, 9.17) is 15.9 Å². The van der Waals surface area contributed by atoms with Crippen LogP contribution in [0.4, 0.5) is 0 Å². The Morgan fingerprint density at radius 3 is 1.90 bits per heavy atom. The van der Waals surface area contributed by atoms with Crippen LogP contribution in [0.25, 0.3) is 0 Å². The Labute approximate surface area is 59.7 Å². The summed E-state index contributed by atoms with van der Waals surface area (Å²) in [5, 5.41) is 16.8. The lowest BCUT2D eigenvalue weighted by molar-refractivity contribution is -0.122. The number of primary amides is 1. The quantitative estimate of drug-likeness (QED) is 0.459. The number of rotatable bonds is 5. The van der Waals surface area contributed by atoms with Gasteiger partial charge < -0.3 is 15.9 Å². The molecule has 4 nitrogen and oxygen atoms in total. The number of aliphatic hydroxyl groups is 2. The molecule has 0 saturated carbocycles. The summed E-state index contributed by atoms with van der Waals surface area (Å²) >= 11 is 0. The van der Waals surface area contributed by atoms with Gasteiger partial charge in [0.05, 0.1) is 0 Å². The molecule has 0 radical (unpaired) electrons. The lowest BCUT2D eigenvalue weighted by Crippen LogP contribution is -2.24. The molecular weight excluding hydrogens is 134 g/mol. The predicted octanol–water partition coefficient (Wildman–Crippen LogP) is -1.15. The molecule has 0 spiro atoms. The molecule has 60 valence electrons. The van der Waals surface area contributed by atoms with Gasteiger partial charge in [-0.25, -0.2) is 0 Å². The number of carbonyl (C=O) groups excluding carboxylic acids is 1. The molecule has 0 saturated heterocycles. The highest BCUT2D eigenvalue weighted by Crippen LogP contribution is 2.05. The smallest absolute Gasteiger partial charge is 0.220 e. The Morgan fingerprint density at radius 1 is 1.30 bits per heavy atom. The van der Waals surface area contributed by atoms with Gasteiger partial charge in [-0.2, -0.15) is 0 Å². The molecule has 0 atom stereocenters. The van der Waals surface area contributed by atoms with E-state index in [-0.39, 0.29) is 19.1 Å². The number of nitrogens with two attached hydrogens (primary N) is 1. The van der Waals surface area contributed by atoms with Gasteiger partial charge in [0.1, 0.15) is 0 Å². The summed E-state index contributed by atoms with van der Waals surface area (Å²) in [7, 11) is 0. The summed E-state index contributed by atoms with van der Waals surface area (Å²) in [6, 6.07) is 0. The zero-order valence-electron chi connectivity index (χ0n) is 5.79. The third kappa shape index (κ3) is 3.42. The molecule has 0 aromatic heterocycles. The zero-order chi connectivity index (χ0) is 7.98. The molecule has 4 N–H and O–H groups in total. The average molecular weight is 147 g/mol. The third-order valence-electron chi connectivity index (χ3n) is 1.36. The Balaban J connectivity index is 3.61. The Kier molecular flexibility index (Phi) is 4.88. The van der Waals surface area contributed by atoms with Crippen molar-refractivity contribution in [3.63, 3.8) is 0 Å². The van der Waals surface area contributed by atoms with Crippen LogP contribution in [-0.2, 0) is 4.79 Å². The molecule has 0 rings (SSSR count). The van der Waals surface area contributed by atoms with E-state index in [1.807, 2.05) is 0 Å². The monoisotopic (exact) mass is 147 g/mol. The van der Waals surface area contributed by atoms with Crippen molar-refractivity contribution in [2.24, 2.45) is 11.7 Å². The molecule has 0 heterocycles. The molecule has 0 fully saturated rings. The number of hydrogen-bond acceptors (Lipinski definition) is 3. The van der Waals surface area contributed by atoms with Crippen molar-refractivity contribution in [2.45, 2.75) is 12.8 Å². The van der Waals surface area contributed by atoms with E-state index in [2.05, 4.69) is 0 Å². The van der Waals surface area contributed by atoms with Gasteiger partial charge in [-0.3, -0.25) is 4.79 Å². The molecular formula is C6H13NO3. The number of aliphatic hydroxyl groups excluding tert-OH is 2. The third-order valence-corrected chi connectivity index (χ3v) is 1.36. The number of carbonyl (C=O) groups is 1. The first-order valence-electron chi connectivity index (χ1n) is 3.23. The molecule has 10 heavy (non-hydrogen) atoms. The van der Waals surface area contributed by atoms with E-state index >= 15 is 0 Å². The maximum atomic E-state index is 10.5. The number of hydrogen-bond donors (Lipinski definition) is 3. The van der Waals surface area contributed by atoms with Gasteiger partial charge in [-0.15, -0.1) is 0 Å². The largest absolute Gasteiger partial charge is 0.396 e. The van der Waals surface area contributed by atoms with E-state index in [0.717, 1.165) is 0 Å². The molecule has 0 aromatic carbocycles. The van der Waals surface area contributed by atoms with Crippen LogP contribution in [0.5, 0.6) is 0 Å². The minimum absolute atomic E-state index is 0.0619. The van der Waals surface area contributed by atoms with Crippen molar-refractivity contribution in [2.75, 3.05) is 13.2 Å². The van der Waals surface area contributed by atoms with Gasteiger partial charge in [0.2, 0.25) is 5.91 Å². The lowest BCUT2D eigenvalue weighted by atomic mass is 10.0. The van der Waals surface area contributed by atoms with E-state index in [1.54, 1.807) is 0 Å². The first-order chi connectivity index (χ1) is 4.72. The summed E-state index contributed by atoms with van der Waals surface area (Å²) in [6.45, 7) is -0.124. The van der Waals surface area contributed by atoms with Crippen LogP contribution < -0.4 is 5.73 Å². The van der Waals surface area contributed by atoms with Crippen molar-refractivity contribution >= 4 is 5.91 Å². The van der Waals surface area contributed by atoms with E-state index in [1.165, 1.54) is 0 Å². The Hall–Kier alpha value is -0.610. The molecule has 0 unspecified atom stereocenters. The summed E-state index contributed by atoms with van der Waals surface area (Å²) in [6.07, 6.45) is 0.686. The van der Waals surface area contributed by atoms with Crippen LogP contribution in [0, 0.1) is 5.92 Å². The van der Waals surface area contributed by atoms with Crippen LogP contribution in [0.15, 0.2) is 0 Å². The summed E-state index contributed by atoms with van der Waals surface area (Å²) in [5.74, 6) is -0.835. The van der Waals surface area contributed by atoms with Gasteiger partial charge in [0.15, 0.2) is 0 Å². The first-order valence-corrected chi connectivity index (χ1v) is 3.23. The van der Waals surface area contributed by atoms with Crippen molar-refractivity contribution in [1.82, 2.24) is 0 Å². The second-order valence-corrected chi connectivity index (χ2v) is 2.12. The van der Waals surface area contributed by atoms with Gasteiger partial charge in [0, 0.05) is 19.1 Å². The maximum Gasteiger partial charge on any atom is 0.220 e. The highest BCUT2D eigenvalue weighted by atomic mass is 16.3. The van der Waals surface area contributed by atoms with Crippen molar-refractivity contribution in [1.29, 1.82) is 0 Å². The molecule has 0 aliphatic rings. The SMILES string of the molecule is NC(=O)C(CCO)CCO. The van der Waals surface area contributed by atoms with Crippen molar-refractivity contribution in [3.8, 4) is 0 Å². The fourth-order valence-electron chi connectivity index (χ4n) is 0.741. The van der Waals surface area contributed by atoms with Crippen LogP contribution >= 0.6 is 0 Å². The van der Waals surface area contributed by atoms with Crippen LogP contribution in [0.2, 0.25) is 0 Å². The summed E-state index contributed by atoms with van der Waals surface area (Å²) in [4.78, 5) is 10.5. The normalized spacial score (nSPS) is 10.3. The van der Waals surface area contributed by atoms with Crippen LogP contribution in [-0.4, -0.2) is 29.3 Å². The zero-order valence-corrected chi connectivity index (χ0v) is 5.79. The maximum absolute atomic E-state index is 10.5. The standard InChI is InChI=1S/C6H13NO3/c7-6(10)5(1-3-8)2-4-9/h5,8-9H,1-4H2,(H2,7,10). The minimum atomic E-state index is -0.455. The highest BCUT2D eigenvalue weighted by molar-refractivity contribution is 5.76. The van der Waals surface area contributed by atoms with Gasteiger partial charge in [-0.05, 0) is 12.8 Å². The first kappa shape index (κ1) is 9.39. The van der Waals surface area contributed by atoms with E-state index in [9.17, 15) is 4.79 Å². The van der Waals surface area contributed by atoms with Crippen LogP contribution in [0.1, 0.15) is 12.8 Å². The summed E-state index contributed by atoms with van der Waals surface area (Å²) < 4.78 is 0. The van der Waals surface area contributed by atoms with Gasteiger partial charge in [-0.1, -0.05) is 0 Å².